The number of carbonyl (C=O) groups excluding carboxylic acids is 2. The van der Waals surface area contributed by atoms with E-state index in [0.29, 0.717) is 8.75 Å². The molecule has 0 N–H and O–H groups in total. The number of aliphatic imine (C=N–C) groups is 2. The summed E-state index contributed by atoms with van der Waals surface area (Å²) in [6.45, 7) is 3.83. The molecule has 24 heavy (non-hydrogen) atoms. The number of thioether (sulfide) groups is 4. The molecule has 0 aromatic rings. The van der Waals surface area contributed by atoms with E-state index in [-0.39, 0.29) is 13.2 Å². The predicted octanol–water partition coefficient (Wildman–Crippen LogP) is 3.01. The zero-order chi connectivity index (χ0) is 18.5. The first-order chi connectivity index (χ1) is 11.5. The minimum Gasteiger partial charge on any atom is -0.464 e. The molecule has 0 aliphatic heterocycles. The van der Waals surface area contributed by atoms with E-state index in [1.807, 2.05) is 25.0 Å². The number of ether oxygens (including phenoxy) is 2. The second-order valence-corrected chi connectivity index (χ2v) is 7.70. The lowest BCUT2D eigenvalue weighted by atomic mass is 10.1. The highest BCUT2D eigenvalue weighted by Gasteiger charge is 2.36. The van der Waals surface area contributed by atoms with Crippen LogP contribution in [0.5, 0.6) is 0 Å². The highest BCUT2D eigenvalue weighted by atomic mass is 32.2. The molecule has 0 saturated heterocycles. The van der Waals surface area contributed by atoms with Crippen molar-refractivity contribution in [2.75, 3.05) is 38.2 Å². The fourth-order valence-electron chi connectivity index (χ4n) is 1.56. The Balaban J connectivity index is 5.94. The second-order valence-electron chi connectivity index (χ2n) is 4.00. The lowest BCUT2D eigenvalue weighted by Crippen LogP contribution is -2.40. The SMILES string of the molecule is CCOC(=O)[C@@H](N=C(SC)SC)[C@@H](N=C(SC)SC)C(=O)OCC. The van der Waals surface area contributed by atoms with E-state index in [1.54, 1.807) is 13.8 Å². The van der Waals surface area contributed by atoms with Gasteiger partial charge >= 0.3 is 11.9 Å². The van der Waals surface area contributed by atoms with E-state index < -0.39 is 24.0 Å². The Morgan fingerprint density at radius 3 is 1.25 bits per heavy atom. The standard InChI is InChI=1S/C14H24N2O4S4/c1-7-19-11(17)9(15-13(21-3)22-4)10(12(18)20-8-2)16-14(23-5)24-6/h9-10H,7-8H2,1-6H3/t9-,10+. The van der Waals surface area contributed by atoms with E-state index in [0.717, 1.165) is 0 Å². The van der Waals surface area contributed by atoms with E-state index in [2.05, 4.69) is 9.98 Å². The number of carbonyl (C=O) groups is 2. The maximum absolute atomic E-state index is 12.4. The maximum atomic E-state index is 12.4. The van der Waals surface area contributed by atoms with Crippen molar-refractivity contribution < 1.29 is 19.1 Å². The summed E-state index contributed by atoms with van der Waals surface area (Å²) in [5, 5.41) is 0. The van der Waals surface area contributed by atoms with Gasteiger partial charge in [0.25, 0.3) is 0 Å². The van der Waals surface area contributed by atoms with Crippen LogP contribution in [-0.2, 0) is 19.1 Å². The Bertz CT molecular complexity index is 418. The van der Waals surface area contributed by atoms with Gasteiger partial charge in [-0.25, -0.2) is 9.59 Å². The molecular formula is C14H24N2O4S4. The van der Waals surface area contributed by atoms with Gasteiger partial charge in [-0.3, -0.25) is 9.98 Å². The summed E-state index contributed by atoms with van der Waals surface area (Å²) in [6.07, 6.45) is 7.43. The second kappa shape index (κ2) is 13.9. The predicted molar refractivity (Wildman–Crippen MR) is 110 cm³/mol. The van der Waals surface area contributed by atoms with Crippen LogP contribution in [0.15, 0.2) is 9.98 Å². The van der Waals surface area contributed by atoms with Crippen molar-refractivity contribution >= 4 is 67.7 Å². The van der Waals surface area contributed by atoms with Gasteiger partial charge in [-0.2, -0.15) is 0 Å². The van der Waals surface area contributed by atoms with Crippen LogP contribution in [-0.4, -0.2) is 71.0 Å². The van der Waals surface area contributed by atoms with Crippen LogP contribution < -0.4 is 0 Å². The van der Waals surface area contributed by atoms with Gasteiger partial charge in [-0.1, -0.05) is 0 Å². The van der Waals surface area contributed by atoms with Gasteiger partial charge in [0.2, 0.25) is 0 Å². The number of nitrogens with zero attached hydrogens (tertiary/aromatic N) is 2. The largest absolute Gasteiger partial charge is 0.464 e. The van der Waals surface area contributed by atoms with Gasteiger partial charge in [-0.05, 0) is 38.9 Å². The quantitative estimate of drug-likeness (QED) is 0.359. The third kappa shape index (κ3) is 8.17. The fourth-order valence-corrected chi connectivity index (χ4v) is 3.77. The summed E-state index contributed by atoms with van der Waals surface area (Å²) >= 11 is 5.60. The first-order valence-electron chi connectivity index (χ1n) is 7.13. The molecule has 6 nitrogen and oxygen atoms in total. The van der Waals surface area contributed by atoms with Crippen LogP contribution in [0.1, 0.15) is 13.8 Å². The topological polar surface area (TPSA) is 77.3 Å². The molecule has 2 atom stereocenters. The molecule has 0 aliphatic carbocycles. The summed E-state index contributed by atoms with van der Waals surface area (Å²) in [7, 11) is 0. The highest BCUT2D eigenvalue weighted by molar-refractivity contribution is 8.38. The van der Waals surface area contributed by atoms with Gasteiger partial charge in [0, 0.05) is 0 Å². The lowest BCUT2D eigenvalue weighted by molar-refractivity contribution is -0.152. The van der Waals surface area contributed by atoms with Crippen molar-refractivity contribution in [1.82, 2.24) is 0 Å². The minimum atomic E-state index is -1.06. The normalized spacial score (nSPS) is 12.8. The number of rotatable bonds is 7. The first-order valence-corrected chi connectivity index (χ1v) is 12.0. The summed E-state index contributed by atoms with van der Waals surface area (Å²) < 4.78 is 11.5. The third-order valence-corrected chi connectivity index (χ3v) is 6.36. The maximum Gasteiger partial charge on any atom is 0.333 e. The number of hydrogen-bond acceptors (Lipinski definition) is 10. The van der Waals surface area contributed by atoms with Gasteiger partial charge in [0.05, 0.1) is 13.2 Å². The molecule has 0 fully saturated rings. The molecule has 0 bridgehead atoms. The molecule has 0 aromatic carbocycles. The summed E-state index contributed by atoms with van der Waals surface area (Å²) in [5.41, 5.74) is 0. The minimum absolute atomic E-state index is 0.204. The van der Waals surface area contributed by atoms with E-state index in [4.69, 9.17) is 9.47 Å². The van der Waals surface area contributed by atoms with Crippen molar-refractivity contribution in [2.45, 2.75) is 25.9 Å². The molecule has 0 rings (SSSR count). The van der Waals surface area contributed by atoms with Gasteiger partial charge < -0.3 is 9.47 Å². The lowest BCUT2D eigenvalue weighted by Gasteiger charge is -2.19. The van der Waals surface area contributed by atoms with Crippen molar-refractivity contribution in [3.8, 4) is 0 Å². The molecule has 0 spiro atoms. The van der Waals surface area contributed by atoms with Crippen molar-refractivity contribution in [3.05, 3.63) is 0 Å². The summed E-state index contributed by atoms with van der Waals surface area (Å²) in [4.78, 5) is 33.6. The molecule has 0 saturated carbocycles. The molecule has 0 heterocycles. The fraction of sp³-hybridized carbons (Fsp3) is 0.714. The molecule has 0 aliphatic rings. The number of esters is 2. The monoisotopic (exact) mass is 412 g/mol. The molecule has 0 aromatic heterocycles. The van der Waals surface area contributed by atoms with Crippen LogP contribution in [0.25, 0.3) is 0 Å². The molecule has 138 valence electrons. The zero-order valence-electron chi connectivity index (χ0n) is 14.7. The van der Waals surface area contributed by atoms with Crippen molar-refractivity contribution in [1.29, 1.82) is 0 Å². The van der Waals surface area contributed by atoms with Crippen molar-refractivity contribution in [2.24, 2.45) is 9.98 Å². The molecule has 10 heteroatoms. The molecule has 0 unspecified atom stereocenters. The summed E-state index contributed by atoms with van der Waals surface area (Å²) in [6, 6.07) is -2.12. The van der Waals surface area contributed by atoms with E-state index in [1.165, 1.54) is 47.0 Å². The van der Waals surface area contributed by atoms with Gasteiger partial charge in [-0.15, -0.1) is 47.0 Å². The summed E-state index contributed by atoms with van der Waals surface area (Å²) in [5.74, 6) is -1.16. The zero-order valence-corrected chi connectivity index (χ0v) is 18.0. The van der Waals surface area contributed by atoms with Crippen molar-refractivity contribution in [3.63, 3.8) is 0 Å². The van der Waals surface area contributed by atoms with Gasteiger partial charge in [0.1, 0.15) is 8.75 Å². The van der Waals surface area contributed by atoms with Gasteiger partial charge in [0.15, 0.2) is 12.1 Å². The Morgan fingerprint density at radius 1 is 0.750 bits per heavy atom. The highest BCUT2D eigenvalue weighted by Crippen LogP contribution is 2.20. The molecule has 0 amide bonds. The Kier molecular flexibility index (Phi) is 13.7. The number of hydrogen-bond donors (Lipinski definition) is 0. The van der Waals surface area contributed by atoms with Crippen LogP contribution in [0.4, 0.5) is 0 Å². The van der Waals surface area contributed by atoms with E-state index >= 15 is 0 Å². The van der Waals surface area contributed by atoms with Crippen LogP contribution in [0.2, 0.25) is 0 Å². The molecule has 0 radical (unpaired) electrons. The van der Waals surface area contributed by atoms with Crippen LogP contribution >= 0.6 is 47.0 Å². The Labute approximate surface area is 160 Å². The molecular weight excluding hydrogens is 388 g/mol. The van der Waals surface area contributed by atoms with Crippen LogP contribution in [0, 0.1) is 0 Å². The van der Waals surface area contributed by atoms with E-state index in [9.17, 15) is 9.59 Å². The average molecular weight is 413 g/mol. The average Bonchev–Trinajstić information content (AvgIpc) is 2.58. The Hall–Kier alpha value is -0.320. The first kappa shape index (κ1) is 23.7. The van der Waals surface area contributed by atoms with Crippen LogP contribution in [0.3, 0.4) is 0 Å². The Morgan fingerprint density at radius 2 is 1.04 bits per heavy atom. The third-order valence-electron chi connectivity index (χ3n) is 2.54. The smallest absolute Gasteiger partial charge is 0.333 e.